The van der Waals surface area contributed by atoms with Gasteiger partial charge in [0, 0.05) is 0 Å². The van der Waals surface area contributed by atoms with Crippen molar-refractivity contribution >= 4 is 5.91 Å². The van der Waals surface area contributed by atoms with E-state index in [0.29, 0.717) is 12.8 Å². The molecule has 0 aromatic carbocycles. The monoisotopic (exact) mass is 656 g/mol. The molecule has 5 N–H and O–H groups in total. The molecule has 0 radical (unpaired) electrons. The molecular formula is C40H81NO5. The number of aliphatic hydroxyl groups is 4. The van der Waals surface area contributed by atoms with Gasteiger partial charge in [-0.1, -0.05) is 201 Å². The Morgan fingerprint density at radius 2 is 0.826 bits per heavy atom. The number of hydrogen-bond donors (Lipinski definition) is 5. The second-order valence-electron chi connectivity index (χ2n) is 14.8. The molecule has 0 rings (SSSR count). The molecule has 6 nitrogen and oxygen atoms in total. The highest BCUT2D eigenvalue weighted by atomic mass is 16.3. The molecule has 0 aliphatic heterocycles. The smallest absolute Gasteiger partial charge is 0.249 e. The normalized spacial score (nSPS) is 14.4. The fourth-order valence-corrected chi connectivity index (χ4v) is 6.47. The number of aliphatic hydroxyl groups excluding tert-OH is 4. The minimum Gasteiger partial charge on any atom is -0.394 e. The molecule has 0 aromatic rings. The number of nitrogens with one attached hydrogen (secondary N) is 1. The average Bonchev–Trinajstić information content (AvgIpc) is 3.04. The van der Waals surface area contributed by atoms with Gasteiger partial charge in [0.05, 0.1) is 18.8 Å². The van der Waals surface area contributed by atoms with Crippen molar-refractivity contribution < 1.29 is 25.2 Å². The molecule has 0 spiro atoms. The highest BCUT2D eigenvalue weighted by Gasteiger charge is 2.28. The van der Waals surface area contributed by atoms with Crippen LogP contribution in [0.15, 0.2) is 0 Å². The fraction of sp³-hybridized carbons (Fsp3) is 0.975. The quantitative estimate of drug-likeness (QED) is 0.0432. The lowest BCUT2D eigenvalue weighted by Crippen LogP contribution is -2.53. The third kappa shape index (κ3) is 29.4. The van der Waals surface area contributed by atoms with Gasteiger partial charge in [0.15, 0.2) is 0 Å². The van der Waals surface area contributed by atoms with Gasteiger partial charge in [-0.15, -0.1) is 0 Å². The first-order chi connectivity index (χ1) is 22.3. The average molecular weight is 656 g/mol. The zero-order valence-corrected chi connectivity index (χ0v) is 31.0. The summed E-state index contributed by atoms with van der Waals surface area (Å²) in [6.45, 7) is 6.36. The summed E-state index contributed by atoms with van der Waals surface area (Å²) in [6.07, 6.45) is 32.7. The number of amides is 1. The maximum absolute atomic E-state index is 12.5. The molecule has 0 fully saturated rings. The van der Waals surface area contributed by atoms with Crippen LogP contribution in [-0.2, 0) is 4.79 Å². The van der Waals surface area contributed by atoms with Crippen molar-refractivity contribution in [2.45, 2.75) is 238 Å². The Bertz CT molecular complexity index is 631. The summed E-state index contributed by atoms with van der Waals surface area (Å²) in [4.78, 5) is 12.5. The van der Waals surface area contributed by atoms with Crippen LogP contribution < -0.4 is 5.32 Å². The molecule has 4 unspecified atom stereocenters. The van der Waals surface area contributed by atoms with Crippen molar-refractivity contribution in [2.75, 3.05) is 6.61 Å². The summed E-state index contributed by atoms with van der Waals surface area (Å²) in [5, 5.41) is 43.5. The van der Waals surface area contributed by atoms with Gasteiger partial charge in [-0.25, -0.2) is 0 Å². The molecular weight excluding hydrogens is 574 g/mol. The Labute approximate surface area is 286 Å². The van der Waals surface area contributed by atoms with Crippen LogP contribution >= 0.6 is 0 Å². The molecule has 6 heteroatoms. The van der Waals surface area contributed by atoms with E-state index in [1.165, 1.54) is 141 Å². The van der Waals surface area contributed by atoms with Crippen molar-refractivity contribution in [3.05, 3.63) is 0 Å². The highest BCUT2D eigenvalue weighted by Crippen LogP contribution is 2.17. The van der Waals surface area contributed by atoms with E-state index >= 15 is 0 Å². The molecule has 1 amide bonds. The maximum atomic E-state index is 12.5. The molecule has 0 saturated heterocycles. The Morgan fingerprint density at radius 3 is 1.17 bits per heavy atom. The SMILES string of the molecule is CCCCCCCCCCCCCCCCCCCCC(O)C(=O)NC(CO)C(O)C(O)CCCCCCCCCCCC(C)C. The van der Waals surface area contributed by atoms with E-state index in [-0.39, 0.29) is 0 Å². The van der Waals surface area contributed by atoms with Crippen LogP contribution in [0.5, 0.6) is 0 Å². The van der Waals surface area contributed by atoms with E-state index in [9.17, 15) is 25.2 Å². The summed E-state index contributed by atoms with van der Waals surface area (Å²) in [5.41, 5.74) is 0. The van der Waals surface area contributed by atoms with Gasteiger partial charge in [-0.2, -0.15) is 0 Å². The van der Waals surface area contributed by atoms with Crippen LogP contribution in [0.4, 0.5) is 0 Å². The van der Waals surface area contributed by atoms with Crippen molar-refractivity contribution in [3.63, 3.8) is 0 Å². The Morgan fingerprint density at radius 1 is 0.500 bits per heavy atom. The Balaban J connectivity index is 3.73. The Kier molecular flexibility index (Phi) is 33.7. The molecule has 0 aliphatic rings. The van der Waals surface area contributed by atoms with Crippen molar-refractivity contribution in [1.82, 2.24) is 5.32 Å². The van der Waals surface area contributed by atoms with E-state index in [1.807, 2.05) is 0 Å². The topological polar surface area (TPSA) is 110 Å². The molecule has 4 atom stereocenters. The number of carbonyl (C=O) groups is 1. The lowest BCUT2D eigenvalue weighted by molar-refractivity contribution is -0.132. The predicted molar refractivity (Wildman–Crippen MR) is 196 cm³/mol. The molecule has 0 heterocycles. The maximum Gasteiger partial charge on any atom is 0.249 e. The second-order valence-corrected chi connectivity index (χ2v) is 14.8. The first-order valence-corrected chi connectivity index (χ1v) is 20.3. The first-order valence-electron chi connectivity index (χ1n) is 20.3. The third-order valence-corrected chi connectivity index (χ3v) is 9.75. The van der Waals surface area contributed by atoms with Crippen LogP contribution in [0.25, 0.3) is 0 Å². The van der Waals surface area contributed by atoms with Gasteiger partial charge in [0.25, 0.3) is 0 Å². The minimum atomic E-state index is -1.25. The van der Waals surface area contributed by atoms with Crippen molar-refractivity contribution in [3.8, 4) is 0 Å². The summed E-state index contributed by atoms with van der Waals surface area (Å²) in [7, 11) is 0. The summed E-state index contributed by atoms with van der Waals surface area (Å²) in [5.74, 6) is 0.221. The summed E-state index contributed by atoms with van der Waals surface area (Å²) in [6, 6.07) is -0.979. The van der Waals surface area contributed by atoms with Gasteiger partial charge < -0.3 is 25.7 Å². The number of hydrogen-bond acceptors (Lipinski definition) is 5. The van der Waals surface area contributed by atoms with Gasteiger partial charge in [-0.05, 0) is 18.8 Å². The van der Waals surface area contributed by atoms with Gasteiger partial charge in [-0.3, -0.25) is 4.79 Å². The van der Waals surface area contributed by atoms with E-state index in [1.54, 1.807) is 0 Å². The molecule has 0 bridgehead atoms. The van der Waals surface area contributed by atoms with Crippen LogP contribution in [-0.4, -0.2) is 57.3 Å². The van der Waals surface area contributed by atoms with Crippen LogP contribution in [0.2, 0.25) is 0 Å². The second kappa shape index (κ2) is 34.2. The number of rotatable bonds is 36. The lowest BCUT2D eigenvalue weighted by atomic mass is 9.99. The van der Waals surface area contributed by atoms with Crippen LogP contribution in [0.1, 0.15) is 213 Å². The largest absolute Gasteiger partial charge is 0.394 e. The van der Waals surface area contributed by atoms with Crippen molar-refractivity contribution in [2.24, 2.45) is 5.92 Å². The summed E-state index contributed by atoms with van der Waals surface area (Å²) < 4.78 is 0. The van der Waals surface area contributed by atoms with Crippen molar-refractivity contribution in [1.29, 1.82) is 0 Å². The zero-order valence-electron chi connectivity index (χ0n) is 31.0. The van der Waals surface area contributed by atoms with E-state index in [2.05, 4.69) is 26.1 Å². The molecule has 0 aromatic heterocycles. The summed E-state index contributed by atoms with van der Waals surface area (Å²) >= 11 is 0. The predicted octanol–water partition coefficient (Wildman–Crippen LogP) is 9.93. The van der Waals surface area contributed by atoms with E-state index in [0.717, 1.165) is 44.4 Å². The highest BCUT2D eigenvalue weighted by molar-refractivity contribution is 5.80. The van der Waals surface area contributed by atoms with E-state index in [4.69, 9.17) is 0 Å². The van der Waals surface area contributed by atoms with Crippen LogP contribution in [0, 0.1) is 5.92 Å². The Hall–Kier alpha value is -0.690. The third-order valence-electron chi connectivity index (χ3n) is 9.75. The zero-order chi connectivity index (χ0) is 34.1. The number of unbranched alkanes of at least 4 members (excludes halogenated alkanes) is 25. The first kappa shape index (κ1) is 45.3. The fourth-order valence-electron chi connectivity index (χ4n) is 6.47. The van der Waals surface area contributed by atoms with Gasteiger partial charge in [0.2, 0.25) is 5.91 Å². The van der Waals surface area contributed by atoms with Gasteiger partial charge in [0.1, 0.15) is 12.2 Å². The molecule has 0 aliphatic carbocycles. The van der Waals surface area contributed by atoms with Crippen LogP contribution in [0.3, 0.4) is 0 Å². The number of carbonyl (C=O) groups excluding carboxylic acids is 1. The van der Waals surface area contributed by atoms with Gasteiger partial charge >= 0.3 is 0 Å². The lowest BCUT2D eigenvalue weighted by Gasteiger charge is -2.27. The molecule has 0 saturated carbocycles. The molecule has 276 valence electrons. The molecule has 46 heavy (non-hydrogen) atoms. The van der Waals surface area contributed by atoms with E-state index < -0.39 is 36.9 Å². The minimum absolute atomic E-state index is 0.374. The standard InChI is InChI=1S/C40H81NO5/c1-4-5-6-7-8-9-10-11-12-13-14-15-16-17-20-24-27-30-33-38(44)40(46)41-36(34-42)39(45)37(43)32-29-26-23-21-18-19-22-25-28-31-35(2)3/h35-39,42-45H,4-34H2,1-3H3,(H,41,46).